The van der Waals surface area contributed by atoms with Crippen molar-refractivity contribution in [1.82, 2.24) is 4.98 Å². The van der Waals surface area contributed by atoms with E-state index in [0.717, 1.165) is 6.07 Å². The van der Waals surface area contributed by atoms with Crippen LogP contribution < -0.4 is 4.74 Å². The van der Waals surface area contributed by atoms with Gasteiger partial charge < -0.3 is 9.84 Å². The molecule has 0 aliphatic carbocycles. The van der Waals surface area contributed by atoms with Gasteiger partial charge in [-0.05, 0) is 6.07 Å². The van der Waals surface area contributed by atoms with Gasteiger partial charge in [-0.2, -0.15) is 0 Å². The van der Waals surface area contributed by atoms with E-state index in [2.05, 4.69) is 9.72 Å². The van der Waals surface area contributed by atoms with Gasteiger partial charge in [-0.1, -0.05) is 0 Å². The quantitative estimate of drug-likeness (QED) is 0.669. The molecule has 0 fully saturated rings. The predicted octanol–water partition coefficient (Wildman–Crippen LogP) is 2.35. The van der Waals surface area contributed by atoms with Gasteiger partial charge in [0.25, 0.3) is 0 Å². The molecule has 0 saturated carbocycles. The summed E-state index contributed by atoms with van der Waals surface area (Å²) in [5.41, 5.74) is -0.776. The van der Waals surface area contributed by atoms with Crippen LogP contribution in [0.25, 0.3) is 0 Å². The van der Waals surface area contributed by atoms with E-state index in [0.29, 0.717) is 0 Å². The van der Waals surface area contributed by atoms with E-state index in [9.17, 15) is 17.6 Å². The first-order valence-electron chi connectivity index (χ1n) is 3.98. The van der Waals surface area contributed by atoms with E-state index in [1.165, 1.54) is 0 Å². The molecule has 0 amide bonds. The van der Waals surface area contributed by atoms with Crippen molar-refractivity contribution in [2.45, 2.75) is 18.8 Å². The second-order valence-corrected chi connectivity index (χ2v) is 2.99. The highest BCUT2D eigenvalue weighted by Crippen LogP contribution is 2.27. The summed E-state index contributed by atoms with van der Waals surface area (Å²) in [7, 11) is 0. The van der Waals surface area contributed by atoms with Crippen LogP contribution in [0.2, 0.25) is 0 Å². The fourth-order valence-electron chi connectivity index (χ4n) is 0.971. The summed E-state index contributed by atoms with van der Waals surface area (Å²) < 4.78 is 52.4. The SMILES string of the molecule is OCc1c(F)cc(CCl)nc1OC(F)(F)F. The number of aliphatic hydroxyl groups is 1. The molecule has 0 unspecified atom stereocenters. The minimum absolute atomic E-state index is 0.115. The maximum atomic E-state index is 13.2. The molecule has 0 saturated heterocycles. The van der Waals surface area contributed by atoms with Crippen LogP contribution in [0.15, 0.2) is 6.07 Å². The molecule has 1 aromatic heterocycles. The van der Waals surface area contributed by atoms with Crippen molar-refractivity contribution in [2.24, 2.45) is 0 Å². The molecule has 1 rings (SSSR count). The number of halogens is 5. The third kappa shape index (κ3) is 3.21. The van der Waals surface area contributed by atoms with Gasteiger partial charge in [0.05, 0.1) is 23.7 Å². The number of alkyl halides is 4. The summed E-state index contributed by atoms with van der Waals surface area (Å²) in [6, 6.07) is 0.835. The minimum atomic E-state index is -5.01. The van der Waals surface area contributed by atoms with Gasteiger partial charge in [0.15, 0.2) is 0 Å². The van der Waals surface area contributed by atoms with Crippen molar-refractivity contribution in [3.63, 3.8) is 0 Å². The van der Waals surface area contributed by atoms with Crippen LogP contribution >= 0.6 is 11.6 Å². The molecule has 0 radical (unpaired) electrons. The number of rotatable bonds is 3. The lowest BCUT2D eigenvalue weighted by atomic mass is 10.2. The molecule has 90 valence electrons. The van der Waals surface area contributed by atoms with Crippen molar-refractivity contribution < 1.29 is 27.4 Å². The second-order valence-electron chi connectivity index (χ2n) is 2.72. The monoisotopic (exact) mass is 259 g/mol. The number of hydrogen-bond donors (Lipinski definition) is 1. The highest BCUT2D eigenvalue weighted by Gasteiger charge is 2.33. The molecular weight excluding hydrogens is 254 g/mol. The molecule has 0 aliphatic rings. The lowest BCUT2D eigenvalue weighted by Crippen LogP contribution is -2.20. The first kappa shape index (κ1) is 13.0. The van der Waals surface area contributed by atoms with Crippen molar-refractivity contribution in [3.8, 4) is 5.88 Å². The van der Waals surface area contributed by atoms with E-state index in [1.807, 2.05) is 0 Å². The Morgan fingerprint density at radius 1 is 1.44 bits per heavy atom. The fourth-order valence-corrected chi connectivity index (χ4v) is 1.11. The van der Waals surface area contributed by atoms with E-state index >= 15 is 0 Å². The van der Waals surface area contributed by atoms with E-state index < -0.39 is 30.2 Å². The average molecular weight is 260 g/mol. The summed E-state index contributed by atoms with van der Waals surface area (Å²) >= 11 is 5.31. The third-order valence-electron chi connectivity index (χ3n) is 1.59. The van der Waals surface area contributed by atoms with Crippen LogP contribution in [0.1, 0.15) is 11.3 Å². The molecule has 0 atom stereocenters. The summed E-state index contributed by atoms with van der Waals surface area (Å²) in [4.78, 5) is 3.33. The highest BCUT2D eigenvalue weighted by molar-refractivity contribution is 6.16. The average Bonchev–Trinajstić information content (AvgIpc) is 2.14. The Bertz CT molecular complexity index is 383. The molecule has 3 nitrogen and oxygen atoms in total. The zero-order valence-corrected chi connectivity index (χ0v) is 8.44. The lowest BCUT2D eigenvalue weighted by molar-refractivity contribution is -0.276. The Morgan fingerprint density at radius 2 is 2.06 bits per heavy atom. The number of aliphatic hydroxyl groups excluding tert-OH is 1. The molecule has 1 aromatic rings. The Labute approximate surface area is 92.6 Å². The second kappa shape index (κ2) is 4.84. The number of aromatic nitrogens is 1. The van der Waals surface area contributed by atoms with Crippen LogP contribution in [0.4, 0.5) is 17.6 Å². The van der Waals surface area contributed by atoms with Crippen LogP contribution in [0, 0.1) is 5.82 Å². The largest absolute Gasteiger partial charge is 0.574 e. The number of nitrogens with zero attached hydrogens (tertiary/aromatic N) is 1. The van der Waals surface area contributed by atoms with Crippen LogP contribution in [0.5, 0.6) is 5.88 Å². The van der Waals surface area contributed by atoms with Gasteiger partial charge in [0.1, 0.15) is 5.82 Å². The molecule has 8 heteroatoms. The predicted molar refractivity (Wildman–Crippen MR) is 46.4 cm³/mol. The molecule has 16 heavy (non-hydrogen) atoms. The Kier molecular flexibility index (Phi) is 3.93. The molecule has 1 N–H and O–H groups in total. The van der Waals surface area contributed by atoms with Crippen molar-refractivity contribution >= 4 is 11.6 Å². The zero-order chi connectivity index (χ0) is 12.3. The van der Waals surface area contributed by atoms with Gasteiger partial charge in [-0.3, -0.25) is 0 Å². The van der Waals surface area contributed by atoms with Crippen molar-refractivity contribution in [1.29, 1.82) is 0 Å². The maximum Gasteiger partial charge on any atom is 0.574 e. The third-order valence-corrected chi connectivity index (χ3v) is 1.87. The first-order valence-corrected chi connectivity index (χ1v) is 4.51. The smallest absolute Gasteiger partial charge is 0.391 e. The van der Waals surface area contributed by atoms with Crippen LogP contribution in [-0.2, 0) is 12.5 Å². The number of hydrogen-bond acceptors (Lipinski definition) is 3. The van der Waals surface area contributed by atoms with Crippen LogP contribution in [-0.4, -0.2) is 16.5 Å². The van der Waals surface area contributed by atoms with Crippen molar-refractivity contribution in [3.05, 3.63) is 23.1 Å². The molecular formula is C8H6ClF4NO2. The molecule has 0 bridgehead atoms. The fraction of sp³-hybridized carbons (Fsp3) is 0.375. The van der Waals surface area contributed by atoms with Crippen molar-refractivity contribution in [2.75, 3.05) is 0 Å². The normalized spacial score (nSPS) is 11.6. The summed E-state index contributed by atoms with van der Waals surface area (Å²) in [6.45, 7) is -0.952. The van der Waals surface area contributed by atoms with Gasteiger partial charge >= 0.3 is 6.36 Å². The minimum Gasteiger partial charge on any atom is -0.391 e. The number of ether oxygens (including phenoxy) is 1. The summed E-state index contributed by atoms with van der Waals surface area (Å²) in [5.74, 6) is -2.34. The summed E-state index contributed by atoms with van der Waals surface area (Å²) in [6.07, 6.45) is -5.01. The van der Waals surface area contributed by atoms with E-state index in [-0.39, 0.29) is 11.6 Å². The van der Waals surface area contributed by atoms with Gasteiger partial charge in [0, 0.05) is 0 Å². The topological polar surface area (TPSA) is 42.4 Å². The zero-order valence-electron chi connectivity index (χ0n) is 7.68. The molecule has 0 aromatic carbocycles. The molecule has 0 spiro atoms. The van der Waals surface area contributed by atoms with Gasteiger partial charge in [0.2, 0.25) is 5.88 Å². The number of pyridine rings is 1. The first-order chi connectivity index (χ1) is 7.37. The lowest BCUT2D eigenvalue weighted by Gasteiger charge is -2.12. The Morgan fingerprint density at radius 3 is 2.50 bits per heavy atom. The van der Waals surface area contributed by atoms with Crippen LogP contribution in [0.3, 0.4) is 0 Å². The van der Waals surface area contributed by atoms with Gasteiger partial charge in [-0.15, -0.1) is 24.8 Å². The standard InChI is InChI=1S/C8H6ClF4NO2/c9-2-4-1-6(10)5(3-15)7(14-4)16-8(11,12)13/h1,15H,2-3H2. The van der Waals surface area contributed by atoms with Gasteiger partial charge in [-0.25, -0.2) is 9.37 Å². The molecule has 0 aliphatic heterocycles. The Hall–Kier alpha value is -1.08. The highest BCUT2D eigenvalue weighted by atomic mass is 35.5. The Balaban J connectivity index is 3.18. The van der Waals surface area contributed by atoms with E-state index in [1.54, 1.807) is 0 Å². The summed E-state index contributed by atoms with van der Waals surface area (Å²) in [5, 5.41) is 8.70. The maximum absolute atomic E-state index is 13.2. The van der Waals surface area contributed by atoms with E-state index in [4.69, 9.17) is 16.7 Å². The molecule has 1 heterocycles.